The Balaban J connectivity index is 2.32. The summed E-state index contributed by atoms with van der Waals surface area (Å²) in [6.07, 6.45) is 0.489. The first-order valence-electron chi connectivity index (χ1n) is 6.54. The summed E-state index contributed by atoms with van der Waals surface area (Å²) < 4.78 is 6.02. The van der Waals surface area contributed by atoms with Gasteiger partial charge in [-0.15, -0.1) is 0 Å². The lowest BCUT2D eigenvalue weighted by Gasteiger charge is -2.25. The number of rotatable bonds is 5. The molecule has 2 rings (SSSR count). The third-order valence-electron chi connectivity index (χ3n) is 3.13. The molecule has 0 spiro atoms. The highest BCUT2D eigenvalue weighted by molar-refractivity contribution is 6.31. The summed E-state index contributed by atoms with van der Waals surface area (Å²) in [5.41, 5.74) is 7.08. The normalized spacial score (nSPS) is 13.8. The number of hydrogen-bond donors (Lipinski definition) is 1. The molecule has 106 valence electrons. The molecule has 2 aromatic rings. The van der Waals surface area contributed by atoms with Crippen LogP contribution in [-0.4, -0.2) is 6.04 Å². The zero-order valence-electron chi connectivity index (χ0n) is 11.2. The summed E-state index contributed by atoms with van der Waals surface area (Å²) in [6, 6.07) is 14.7. The molecule has 2 unspecified atom stereocenters. The van der Waals surface area contributed by atoms with Crippen LogP contribution in [0.3, 0.4) is 0 Å². The van der Waals surface area contributed by atoms with E-state index in [-0.39, 0.29) is 12.1 Å². The van der Waals surface area contributed by atoms with E-state index in [0.29, 0.717) is 15.8 Å². The molecule has 0 amide bonds. The summed E-state index contributed by atoms with van der Waals surface area (Å²) in [5, 5.41) is 1.29. The minimum Gasteiger partial charge on any atom is -0.484 e. The highest BCUT2D eigenvalue weighted by atomic mass is 35.5. The van der Waals surface area contributed by atoms with Crippen molar-refractivity contribution < 1.29 is 4.74 Å². The molecule has 2 aromatic carbocycles. The monoisotopic (exact) mass is 309 g/mol. The molecule has 2 N–H and O–H groups in total. The Morgan fingerprint density at radius 1 is 1.10 bits per heavy atom. The quantitative estimate of drug-likeness (QED) is 0.856. The molecule has 0 aliphatic rings. The number of ether oxygens (including phenoxy) is 1. The number of hydrogen-bond acceptors (Lipinski definition) is 2. The first kappa shape index (κ1) is 15.2. The van der Waals surface area contributed by atoms with Crippen LogP contribution < -0.4 is 10.5 Å². The molecule has 0 aliphatic carbocycles. The Morgan fingerprint density at radius 3 is 2.50 bits per heavy atom. The van der Waals surface area contributed by atoms with Crippen LogP contribution in [0.4, 0.5) is 0 Å². The average molecular weight is 310 g/mol. The smallest absolute Gasteiger partial charge is 0.140 e. The molecule has 0 radical (unpaired) electrons. The maximum absolute atomic E-state index is 6.26. The van der Waals surface area contributed by atoms with Crippen molar-refractivity contribution in [1.29, 1.82) is 0 Å². The van der Waals surface area contributed by atoms with Gasteiger partial charge in [0.1, 0.15) is 11.9 Å². The van der Waals surface area contributed by atoms with E-state index in [0.717, 1.165) is 12.0 Å². The average Bonchev–Trinajstić information content (AvgIpc) is 2.45. The first-order chi connectivity index (χ1) is 9.61. The lowest BCUT2D eigenvalue weighted by atomic mass is 10.0. The second-order valence-corrected chi connectivity index (χ2v) is 5.43. The number of nitrogens with two attached hydrogens (primary N) is 1. The summed E-state index contributed by atoms with van der Waals surface area (Å²) in [6.45, 7) is 2.02. The van der Waals surface area contributed by atoms with Crippen molar-refractivity contribution in [1.82, 2.24) is 0 Å². The van der Waals surface area contributed by atoms with Gasteiger partial charge in [-0.05, 0) is 30.7 Å². The van der Waals surface area contributed by atoms with E-state index < -0.39 is 0 Å². The second kappa shape index (κ2) is 6.98. The largest absolute Gasteiger partial charge is 0.484 e. The highest BCUT2D eigenvalue weighted by Gasteiger charge is 2.22. The number of benzene rings is 2. The molecule has 2 atom stereocenters. The topological polar surface area (TPSA) is 35.2 Å². The Morgan fingerprint density at radius 2 is 1.85 bits per heavy atom. The van der Waals surface area contributed by atoms with Gasteiger partial charge in [0.25, 0.3) is 0 Å². The molecular formula is C16H17Cl2NO. The summed E-state index contributed by atoms with van der Waals surface area (Å²) in [4.78, 5) is 0. The molecule has 0 saturated heterocycles. The lowest BCUT2D eigenvalue weighted by molar-refractivity contribution is 0.171. The van der Waals surface area contributed by atoms with Crippen molar-refractivity contribution in [2.75, 3.05) is 0 Å². The first-order valence-corrected chi connectivity index (χ1v) is 7.29. The zero-order valence-corrected chi connectivity index (χ0v) is 12.7. The van der Waals surface area contributed by atoms with Gasteiger partial charge >= 0.3 is 0 Å². The molecule has 2 nitrogen and oxygen atoms in total. The van der Waals surface area contributed by atoms with E-state index in [9.17, 15) is 0 Å². The maximum Gasteiger partial charge on any atom is 0.140 e. The molecule has 0 bridgehead atoms. The van der Waals surface area contributed by atoms with E-state index >= 15 is 0 Å². The fourth-order valence-corrected chi connectivity index (χ4v) is 2.41. The van der Waals surface area contributed by atoms with Crippen LogP contribution in [0.25, 0.3) is 0 Å². The Bertz CT molecular complexity index is 574. The van der Waals surface area contributed by atoms with Crippen molar-refractivity contribution in [3.05, 3.63) is 64.1 Å². The molecule has 0 aliphatic heterocycles. The van der Waals surface area contributed by atoms with Crippen molar-refractivity contribution in [3.8, 4) is 5.75 Å². The molecule has 0 saturated carbocycles. The van der Waals surface area contributed by atoms with Gasteiger partial charge in [-0.3, -0.25) is 0 Å². The molecular weight excluding hydrogens is 293 g/mol. The van der Waals surface area contributed by atoms with Gasteiger partial charge in [0, 0.05) is 21.7 Å². The minimum atomic E-state index is -0.299. The van der Waals surface area contributed by atoms with Crippen LogP contribution in [0.2, 0.25) is 10.0 Å². The van der Waals surface area contributed by atoms with Gasteiger partial charge < -0.3 is 10.5 Å². The van der Waals surface area contributed by atoms with Crippen LogP contribution in [0.15, 0.2) is 48.5 Å². The van der Waals surface area contributed by atoms with E-state index in [1.807, 2.05) is 43.3 Å². The lowest BCUT2D eigenvalue weighted by Crippen LogP contribution is -2.31. The fourth-order valence-electron chi connectivity index (χ4n) is 1.99. The fraction of sp³-hybridized carbons (Fsp3) is 0.250. The Kier molecular flexibility index (Phi) is 5.30. The van der Waals surface area contributed by atoms with Gasteiger partial charge in [-0.1, -0.05) is 54.4 Å². The molecule has 0 fully saturated rings. The third kappa shape index (κ3) is 3.66. The van der Waals surface area contributed by atoms with Crippen LogP contribution in [0.5, 0.6) is 5.75 Å². The summed E-state index contributed by atoms with van der Waals surface area (Å²) >= 11 is 12.2. The Labute approximate surface area is 129 Å². The summed E-state index contributed by atoms with van der Waals surface area (Å²) in [5.74, 6) is 0.686. The highest BCUT2D eigenvalue weighted by Crippen LogP contribution is 2.31. The zero-order chi connectivity index (χ0) is 14.5. The standard InChI is InChI=1S/C16H17Cl2NO/c1-2-15(19)16(13-8-3-4-9-14(13)18)20-12-7-5-6-11(17)10-12/h3-10,15-16H,2,19H2,1H3. The van der Waals surface area contributed by atoms with Gasteiger partial charge in [-0.25, -0.2) is 0 Å². The van der Waals surface area contributed by atoms with Gasteiger partial charge in [0.2, 0.25) is 0 Å². The maximum atomic E-state index is 6.26. The van der Waals surface area contributed by atoms with E-state index in [1.54, 1.807) is 12.1 Å². The van der Waals surface area contributed by atoms with Crippen molar-refractivity contribution >= 4 is 23.2 Å². The minimum absolute atomic E-state index is 0.145. The van der Waals surface area contributed by atoms with Crippen molar-refractivity contribution in [2.45, 2.75) is 25.5 Å². The van der Waals surface area contributed by atoms with Crippen LogP contribution in [0.1, 0.15) is 25.0 Å². The third-order valence-corrected chi connectivity index (χ3v) is 3.71. The van der Waals surface area contributed by atoms with Gasteiger partial charge in [0.05, 0.1) is 0 Å². The molecule has 0 aromatic heterocycles. The predicted octanol–water partition coefficient (Wildman–Crippen LogP) is 4.85. The molecule has 20 heavy (non-hydrogen) atoms. The van der Waals surface area contributed by atoms with Gasteiger partial charge in [-0.2, -0.15) is 0 Å². The molecule has 4 heteroatoms. The SMILES string of the molecule is CCC(N)C(Oc1cccc(Cl)c1)c1ccccc1Cl. The predicted molar refractivity (Wildman–Crippen MR) is 84.5 cm³/mol. The van der Waals surface area contributed by atoms with Crippen molar-refractivity contribution in [3.63, 3.8) is 0 Å². The second-order valence-electron chi connectivity index (χ2n) is 4.59. The van der Waals surface area contributed by atoms with E-state index in [2.05, 4.69) is 0 Å². The van der Waals surface area contributed by atoms with E-state index in [1.165, 1.54) is 0 Å². The van der Waals surface area contributed by atoms with Crippen LogP contribution >= 0.6 is 23.2 Å². The van der Waals surface area contributed by atoms with Crippen molar-refractivity contribution in [2.24, 2.45) is 5.73 Å². The van der Waals surface area contributed by atoms with Gasteiger partial charge in [0.15, 0.2) is 0 Å². The van der Waals surface area contributed by atoms with Crippen LogP contribution in [0, 0.1) is 0 Å². The van der Waals surface area contributed by atoms with E-state index in [4.69, 9.17) is 33.7 Å². The number of halogens is 2. The molecule has 0 heterocycles. The van der Waals surface area contributed by atoms with Crippen LogP contribution in [-0.2, 0) is 0 Å². The Hall–Kier alpha value is -1.22. The summed E-state index contributed by atoms with van der Waals surface area (Å²) in [7, 11) is 0.